The van der Waals surface area contributed by atoms with Gasteiger partial charge in [-0.05, 0) is 40.2 Å². The zero-order valence-electron chi connectivity index (χ0n) is 12.3. The fraction of sp³-hybridized carbons (Fsp3) is 0.111. The summed E-state index contributed by atoms with van der Waals surface area (Å²) in [5.74, 6) is -0.268. The summed E-state index contributed by atoms with van der Waals surface area (Å²) in [5, 5.41) is 3.81. The smallest absolute Gasteiger partial charge is 0.231 e. The van der Waals surface area contributed by atoms with Crippen molar-refractivity contribution in [3.05, 3.63) is 65.3 Å². The molecule has 0 saturated heterocycles. The van der Waals surface area contributed by atoms with Gasteiger partial charge in [0.15, 0.2) is 0 Å². The fourth-order valence-corrected chi connectivity index (χ4v) is 2.80. The quantitative estimate of drug-likeness (QED) is 0.736. The zero-order valence-corrected chi connectivity index (χ0v) is 13.9. The van der Waals surface area contributed by atoms with Gasteiger partial charge in [0.25, 0.3) is 0 Å². The number of carbonyl (C=O) groups is 2. The molecule has 3 rings (SSSR count). The molecule has 0 radical (unpaired) electrons. The van der Waals surface area contributed by atoms with Crippen LogP contribution in [0.4, 0.5) is 5.69 Å². The summed E-state index contributed by atoms with van der Waals surface area (Å²) in [6.45, 7) is 0. The molecule has 0 bridgehead atoms. The maximum Gasteiger partial charge on any atom is 0.231 e. The Morgan fingerprint density at radius 2 is 1.70 bits per heavy atom. The summed E-state index contributed by atoms with van der Waals surface area (Å²) in [5.41, 5.74) is 1.57. The Bertz CT molecular complexity index is 870. The van der Waals surface area contributed by atoms with Crippen LogP contribution < -0.4 is 5.32 Å². The van der Waals surface area contributed by atoms with Gasteiger partial charge in [0, 0.05) is 28.9 Å². The Balaban J connectivity index is 1.63. The minimum atomic E-state index is -0.179. The average Bonchev–Trinajstić information content (AvgIpc) is 2.99. The van der Waals surface area contributed by atoms with Gasteiger partial charge >= 0.3 is 0 Å². The van der Waals surface area contributed by atoms with Crippen molar-refractivity contribution < 1.29 is 9.59 Å². The Kier molecular flexibility index (Phi) is 4.57. The Labute approximate surface area is 142 Å². The lowest BCUT2D eigenvalue weighted by Gasteiger charge is -2.07. The predicted molar refractivity (Wildman–Crippen MR) is 94.6 cm³/mol. The largest absolute Gasteiger partial charge is 0.325 e. The number of halogens is 1. The zero-order chi connectivity index (χ0) is 16.2. The number of benzene rings is 2. The van der Waals surface area contributed by atoms with Crippen molar-refractivity contribution in [3.63, 3.8) is 0 Å². The molecular formula is C18H15BrN2O2. The number of rotatable bonds is 4. The van der Waals surface area contributed by atoms with Crippen LogP contribution in [-0.4, -0.2) is 16.4 Å². The number of anilines is 1. The van der Waals surface area contributed by atoms with Gasteiger partial charge in [0.1, 0.15) is 0 Å². The van der Waals surface area contributed by atoms with E-state index in [-0.39, 0.29) is 24.7 Å². The number of hydrogen-bond acceptors (Lipinski definition) is 2. The minimum absolute atomic E-state index is 0.0894. The molecule has 4 nitrogen and oxygen atoms in total. The molecule has 116 valence electrons. The third kappa shape index (κ3) is 3.51. The SMILES string of the molecule is O=C(CCC(=O)n1ccc2ccccc21)Nc1ccccc1Br. The van der Waals surface area contributed by atoms with Crippen LogP contribution in [0.3, 0.4) is 0 Å². The highest BCUT2D eigenvalue weighted by Crippen LogP contribution is 2.21. The van der Waals surface area contributed by atoms with Crippen LogP contribution in [0.2, 0.25) is 0 Å². The number of aromatic nitrogens is 1. The molecule has 0 atom stereocenters. The van der Waals surface area contributed by atoms with Crippen molar-refractivity contribution in [2.75, 3.05) is 5.32 Å². The number of fused-ring (bicyclic) bond motifs is 1. The van der Waals surface area contributed by atoms with Gasteiger partial charge in [0.2, 0.25) is 11.8 Å². The lowest BCUT2D eigenvalue weighted by Crippen LogP contribution is -2.16. The molecule has 5 heteroatoms. The summed E-state index contributed by atoms with van der Waals surface area (Å²) in [6.07, 6.45) is 2.06. The first-order chi connectivity index (χ1) is 11.1. The van der Waals surface area contributed by atoms with Crippen LogP contribution in [0.25, 0.3) is 10.9 Å². The van der Waals surface area contributed by atoms with E-state index in [1.165, 1.54) is 0 Å². The number of nitrogens with zero attached hydrogens (tertiary/aromatic N) is 1. The van der Waals surface area contributed by atoms with Crippen LogP contribution >= 0.6 is 15.9 Å². The standard InChI is InChI=1S/C18H15BrN2O2/c19-14-6-2-3-7-15(14)20-17(22)9-10-18(23)21-12-11-13-5-1-4-8-16(13)21/h1-8,11-12H,9-10H2,(H,20,22). The highest BCUT2D eigenvalue weighted by Gasteiger charge is 2.12. The lowest BCUT2D eigenvalue weighted by atomic mass is 10.2. The second-order valence-corrected chi connectivity index (χ2v) is 6.02. The molecule has 0 unspecified atom stereocenters. The molecule has 1 N–H and O–H groups in total. The first-order valence-electron chi connectivity index (χ1n) is 7.29. The van der Waals surface area contributed by atoms with Crippen LogP contribution in [0.5, 0.6) is 0 Å². The van der Waals surface area contributed by atoms with Gasteiger partial charge in [-0.3, -0.25) is 14.2 Å². The Hall–Kier alpha value is -2.40. The normalized spacial score (nSPS) is 10.7. The molecule has 0 aliphatic heterocycles. The van der Waals surface area contributed by atoms with E-state index >= 15 is 0 Å². The molecule has 3 aromatic rings. The van der Waals surface area contributed by atoms with Crippen molar-refractivity contribution in [1.29, 1.82) is 0 Å². The first-order valence-corrected chi connectivity index (χ1v) is 8.08. The third-order valence-electron chi connectivity index (χ3n) is 3.58. The molecule has 1 heterocycles. The van der Waals surface area contributed by atoms with Crippen molar-refractivity contribution in [2.24, 2.45) is 0 Å². The number of carbonyl (C=O) groups excluding carboxylic acids is 2. The topological polar surface area (TPSA) is 51.1 Å². The number of hydrogen-bond donors (Lipinski definition) is 1. The highest BCUT2D eigenvalue weighted by molar-refractivity contribution is 9.10. The van der Waals surface area contributed by atoms with Crippen LogP contribution in [0.1, 0.15) is 17.6 Å². The number of para-hydroxylation sites is 2. The number of nitrogens with one attached hydrogen (secondary N) is 1. The maximum absolute atomic E-state index is 12.3. The lowest BCUT2D eigenvalue weighted by molar-refractivity contribution is -0.116. The summed E-state index contributed by atoms with van der Waals surface area (Å²) >= 11 is 3.38. The number of amides is 1. The molecule has 2 aromatic carbocycles. The molecule has 0 saturated carbocycles. The molecule has 1 amide bonds. The molecule has 0 aliphatic carbocycles. The molecule has 23 heavy (non-hydrogen) atoms. The van der Waals surface area contributed by atoms with Gasteiger partial charge in [-0.25, -0.2) is 0 Å². The van der Waals surface area contributed by atoms with E-state index in [1.807, 2.05) is 54.6 Å². The van der Waals surface area contributed by atoms with Gasteiger partial charge in [-0.1, -0.05) is 30.3 Å². The van der Waals surface area contributed by atoms with Gasteiger partial charge in [0.05, 0.1) is 11.2 Å². The molecule has 1 aromatic heterocycles. The van der Waals surface area contributed by atoms with Crippen LogP contribution in [-0.2, 0) is 4.79 Å². The van der Waals surface area contributed by atoms with Gasteiger partial charge < -0.3 is 5.32 Å². The first kappa shape index (κ1) is 15.5. The van der Waals surface area contributed by atoms with Crippen LogP contribution in [0.15, 0.2) is 65.3 Å². The van der Waals surface area contributed by atoms with E-state index in [2.05, 4.69) is 21.2 Å². The van der Waals surface area contributed by atoms with E-state index in [4.69, 9.17) is 0 Å². The van der Waals surface area contributed by atoms with E-state index in [0.717, 1.165) is 15.4 Å². The monoisotopic (exact) mass is 370 g/mol. The van der Waals surface area contributed by atoms with Gasteiger partial charge in [-0.2, -0.15) is 0 Å². The molecule has 0 fully saturated rings. The molecular weight excluding hydrogens is 356 g/mol. The second kappa shape index (κ2) is 6.79. The van der Waals surface area contributed by atoms with Crippen molar-refractivity contribution in [2.45, 2.75) is 12.8 Å². The van der Waals surface area contributed by atoms with E-state index < -0.39 is 0 Å². The maximum atomic E-state index is 12.3. The van der Waals surface area contributed by atoms with Gasteiger partial charge in [-0.15, -0.1) is 0 Å². The fourth-order valence-electron chi connectivity index (χ4n) is 2.42. The second-order valence-electron chi connectivity index (χ2n) is 5.17. The molecule has 0 spiro atoms. The van der Waals surface area contributed by atoms with E-state index in [9.17, 15) is 9.59 Å². The Morgan fingerprint density at radius 3 is 2.52 bits per heavy atom. The Morgan fingerprint density at radius 1 is 0.957 bits per heavy atom. The van der Waals surface area contributed by atoms with Crippen molar-refractivity contribution >= 4 is 44.3 Å². The summed E-state index contributed by atoms with van der Waals surface area (Å²) in [4.78, 5) is 24.3. The summed E-state index contributed by atoms with van der Waals surface area (Å²) in [7, 11) is 0. The van der Waals surface area contributed by atoms with E-state index in [0.29, 0.717) is 5.69 Å². The minimum Gasteiger partial charge on any atom is -0.325 e. The van der Waals surface area contributed by atoms with E-state index in [1.54, 1.807) is 10.8 Å². The average molecular weight is 371 g/mol. The highest BCUT2D eigenvalue weighted by atomic mass is 79.9. The summed E-state index contributed by atoms with van der Waals surface area (Å²) in [6, 6.07) is 17.0. The van der Waals surface area contributed by atoms with Crippen molar-refractivity contribution in [1.82, 2.24) is 4.57 Å². The molecule has 0 aliphatic rings. The summed E-state index contributed by atoms with van der Waals surface area (Å²) < 4.78 is 2.41. The van der Waals surface area contributed by atoms with Crippen LogP contribution in [0, 0.1) is 0 Å². The third-order valence-corrected chi connectivity index (χ3v) is 4.27. The predicted octanol–water partition coefficient (Wildman–Crippen LogP) is 4.46. The van der Waals surface area contributed by atoms with Crippen molar-refractivity contribution in [3.8, 4) is 0 Å².